The summed E-state index contributed by atoms with van der Waals surface area (Å²) in [5.41, 5.74) is 3.72. The summed E-state index contributed by atoms with van der Waals surface area (Å²) in [4.78, 5) is 13.9. The lowest BCUT2D eigenvalue weighted by atomic mass is 10.1. The Bertz CT molecular complexity index is 681. The van der Waals surface area contributed by atoms with Crippen LogP contribution in [0.5, 0.6) is 5.75 Å². The third-order valence-corrected chi connectivity index (χ3v) is 3.56. The maximum absolute atomic E-state index is 11.7. The highest BCUT2D eigenvalue weighted by atomic mass is 16.5. The van der Waals surface area contributed by atoms with Crippen LogP contribution in [0.3, 0.4) is 0 Å². The topological polar surface area (TPSA) is 38.8 Å². The summed E-state index contributed by atoms with van der Waals surface area (Å²) in [7, 11) is 1.39. The Morgan fingerprint density at radius 2 is 2.10 bits per heavy atom. The van der Waals surface area contributed by atoms with E-state index in [0.717, 1.165) is 23.7 Å². The Balaban J connectivity index is 2.05. The van der Waals surface area contributed by atoms with Gasteiger partial charge in [0.05, 0.1) is 24.9 Å². The first-order valence-corrected chi connectivity index (χ1v) is 6.88. The van der Waals surface area contributed by atoms with Gasteiger partial charge in [0, 0.05) is 5.69 Å². The number of carbonyl (C=O) groups is 1. The molecular formula is C17H17NO3. The molecule has 3 rings (SSSR count). The SMILES string of the molecule is COC(=O)c1ccc2c(c1)N(c1cccc(C)c1)CCO2. The third kappa shape index (κ3) is 2.57. The summed E-state index contributed by atoms with van der Waals surface area (Å²) >= 11 is 0. The lowest BCUT2D eigenvalue weighted by molar-refractivity contribution is 0.0600. The Morgan fingerprint density at radius 3 is 2.86 bits per heavy atom. The van der Waals surface area contributed by atoms with Crippen molar-refractivity contribution in [2.45, 2.75) is 6.92 Å². The molecule has 1 heterocycles. The van der Waals surface area contributed by atoms with E-state index in [4.69, 9.17) is 9.47 Å². The Kier molecular flexibility index (Phi) is 3.52. The van der Waals surface area contributed by atoms with Crippen LogP contribution in [-0.4, -0.2) is 26.2 Å². The Labute approximate surface area is 123 Å². The number of rotatable bonds is 2. The molecule has 0 saturated heterocycles. The normalized spacial score (nSPS) is 13.3. The molecule has 0 aromatic heterocycles. The second-order valence-electron chi connectivity index (χ2n) is 5.01. The van der Waals surface area contributed by atoms with Gasteiger partial charge in [0.2, 0.25) is 0 Å². The monoisotopic (exact) mass is 283 g/mol. The van der Waals surface area contributed by atoms with Gasteiger partial charge in [-0.05, 0) is 42.8 Å². The Morgan fingerprint density at radius 1 is 1.24 bits per heavy atom. The number of nitrogens with zero attached hydrogens (tertiary/aromatic N) is 1. The van der Waals surface area contributed by atoms with E-state index in [0.29, 0.717) is 12.2 Å². The summed E-state index contributed by atoms with van der Waals surface area (Å²) in [6.07, 6.45) is 0. The minimum atomic E-state index is -0.340. The molecule has 0 saturated carbocycles. The fourth-order valence-corrected chi connectivity index (χ4v) is 2.53. The summed E-state index contributed by atoms with van der Waals surface area (Å²) in [5.74, 6) is 0.447. The van der Waals surface area contributed by atoms with E-state index in [1.54, 1.807) is 6.07 Å². The maximum atomic E-state index is 11.7. The number of hydrogen-bond donors (Lipinski definition) is 0. The lowest BCUT2D eigenvalue weighted by Gasteiger charge is -2.31. The molecule has 4 nitrogen and oxygen atoms in total. The van der Waals surface area contributed by atoms with Crippen molar-refractivity contribution in [2.75, 3.05) is 25.2 Å². The molecule has 1 aliphatic heterocycles. The number of aryl methyl sites for hydroxylation is 1. The molecule has 4 heteroatoms. The van der Waals surface area contributed by atoms with Crippen LogP contribution in [0.25, 0.3) is 0 Å². The standard InChI is InChI=1S/C17H17NO3/c1-12-4-3-5-14(10-12)18-8-9-21-16-7-6-13(11-15(16)18)17(19)20-2/h3-7,10-11H,8-9H2,1-2H3. The molecule has 0 fully saturated rings. The van der Waals surface area contributed by atoms with Crippen LogP contribution in [0.4, 0.5) is 11.4 Å². The fraction of sp³-hybridized carbons (Fsp3) is 0.235. The van der Waals surface area contributed by atoms with Crippen molar-refractivity contribution in [2.24, 2.45) is 0 Å². The minimum absolute atomic E-state index is 0.340. The van der Waals surface area contributed by atoms with E-state index in [9.17, 15) is 4.79 Å². The van der Waals surface area contributed by atoms with Crippen molar-refractivity contribution >= 4 is 17.3 Å². The highest BCUT2D eigenvalue weighted by molar-refractivity contribution is 5.91. The number of hydrogen-bond acceptors (Lipinski definition) is 4. The van der Waals surface area contributed by atoms with Crippen LogP contribution >= 0.6 is 0 Å². The highest BCUT2D eigenvalue weighted by Gasteiger charge is 2.21. The zero-order valence-electron chi connectivity index (χ0n) is 12.1. The minimum Gasteiger partial charge on any atom is -0.490 e. The number of fused-ring (bicyclic) bond motifs is 1. The van der Waals surface area contributed by atoms with E-state index >= 15 is 0 Å². The fourth-order valence-electron chi connectivity index (χ4n) is 2.53. The average Bonchev–Trinajstić information content (AvgIpc) is 2.53. The smallest absolute Gasteiger partial charge is 0.337 e. The van der Waals surface area contributed by atoms with Gasteiger partial charge in [-0.15, -0.1) is 0 Å². The van der Waals surface area contributed by atoms with Gasteiger partial charge >= 0.3 is 5.97 Å². The van der Waals surface area contributed by atoms with Crippen LogP contribution in [0.1, 0.15) is 15.9 Å². The Hall–Kier alpha value is -2.49. The molecule has 2 aromatic carbocycles. The van der Waals surface area contributed by atoms with Gasteiger partial charge in [-0.3, -0.25) is 0 Å². The van der Waals surface area contributed by atoms with E-state index < -0.39 is 0 Å². The van der Waals surface area contributed by atoms with Gasteiger partial charge in [-0.1, -0.05) is 12.1 Å². The van der Waals surface area contributed by atoms with Gasteiger partial charge in [0.25, 0.3) is 0 Å². The largest absolute Gasteiger partial charge is 0.490 e. The number of carbonyl (C=O) groups excluding carboxylic acids is 1. The second kappa shape index (κ2) is 5.48. The molecule has 21 heavy (non-hydrogen) atoms. The predicted molar refractivity (Wildman–Crippen MR) is 81.5 cm³/mol. The van der Waals surface area contributed by atoms with Crippen molar-refractivity contribution < 1.29 is 14.3 Å². The van der Waals surface area contributed by atoms with E-state index in [1.165, 1.54) is 12.7 Å². The molecule has 108 valence electrons. The first kappa shape index (κ1) is 13.5. The first-order valence-electron chi connectivity index (χ1n) is 6.88. The van der Waals surface area contributed by atoms with Crippen molar-refractivity contribution in [3.05, 3.63) is 53.6 Å². The van der Waals surface area contributed by atoms with E-state index in [-0.39, 0.29) is 5.97 Å². The van der Waals surface area contributed by atoms with Crippen LogP contribution in [0.2, 0.25) is 0 Å². The van der Waals surface area contributed by atoms with E-state index in [2.05, 4.69) is 30.0 Å². The highest BCUT2D eigenvalue weighted by Crippen LogP contribution is 2.37. The maximum Gasteiger partial charge on any atom is 0.337 e. The zero-order valence-corrected chi connectivity index (χ0v) is 12.1. The molecule has 0 N–H and O–H groups in total. The summed E-state index contributed by atoms with van der Waals surface area (Å²) < 4.78 is 10.5. The molecule has 1 aliphatic rings. The van der Waals surface area contributed by atoms with Gasteiger partial charge in [-0.25, -0.2) is 4.79 Å². The first-order chi connectivity index (χ1) is 10.2. The lowest BCUT2D eigenvalue weighted by Crippen LogP contribution is -2.28. The van der Waals surface area contributed by atoms with Crippen LogP contribution in [0.15, 0.2) is 42.5 Å². The molecule has 0 spiro atoms. The predicted octanol–water partition coefficient (Wildman–Crippen LogP) is 3.31. The number of methoxy groups -OCH3 is 1. The molecule has 0 bridgehead atoms. The zero-order chi connectivity index (χ0) is 14.8. The van der Waals surface area contributed by atoms with Crippen molar-refractivity contribution in [3.63, 3.8) is 0 Å². The van der Waals surface area contributed by atoms with Crippen LogP contribution in [0, 0.1) is 6.92 Å². The molecule has 0 radical (unpaired) electrons. The van der Waals surface area contributed by atoms with Crippen LogP contribution in [-0.2, 0) is 4.74 Å². The van der Waals surface area contributed by atoms with Crippen LogP contribution < -0.4 is 9.64 Å². The number of anilines is 2. The summed E-state index contributed by atoms with van der Waals surface area (Å²) in [5, 5.41) is 0. The molecule has 0 atom stereocenters. The van der Waals surface area contributed by atoms with Gasteiger partial charge in [0.1, 0.15) is 12.4 Å². The van der Waals surface area contributed by atoms with Crippen molar-refractivity contribution in [1.82, 2.24) is 0 Å². The quantitative estimate of drug-likeness (QED) is 0.793. The van der Waals surface area contributed by atoms with Crippen molar-refractivity contribution in [1.29, 1.82) is 0 Å². The summed E-state index contributed by atoms with van der Waals surface area (Å²) in [6.45, 7) is 3.44. The molecule has 0 unspecified atom stereocenters. The molecular weight excluding hydrogens is 266 g/mol. The van der Waals surface area contributed by atoms with Gasteiger partial charge < -0.3 is 14.4 Å². The average molecular weight is 283 g/mol. The number of benzene rings is 2. The van der Waals surface area contributed by atoms with Crippen molar-refractivity contribution in [3.8, 4) is 5.75 Å². The summed E-state index contributed by atoms with van der Waals surface area (Å²) in [6, 6.07) is 13.7. The molecule has 0 amide bonds. The second-order valence-corrected chi connectivity index (χ2v) is 5.01. The molecule has 2 aromatic rings. The van der Waals surface area contributed by atoms with Gasteiger partial charge in [-0.2, -0.15) is 0 Å². The number of esters is 1. The molecule has 0 aliphatic carbocycles. The van der Waals surface area contributed by atoms with Gasteiger partial charge in [0.15, 0.2) is 0 Å². The third-order valence-electron chi connectivity index (χ3n) is 3.56. The van der Waals surface area contributed by atoms with E-state index in [1.807, 2.05) is 18.2 Å². The number of ether oxygens (including phenoxy) is 2.